The molecule has 0 saturated heterocycles. The van der Waals surface area contributed by atoms with E-state index in [-0.39, 0.29) is 18.0 Å². The second-order valence-corrected chi connectivity index (χ2v) is 4.07. The molecule has 0 heterocycles. The Morgan fingerprint density at radius 3 is 2.80 bits per heavy atom. The summed E-state index contributed by atoms with van der Waals surface area (Å²) in [6, 6.07) is 0. The fourth-order valence-corrected chi connectivity index (χ4v) is 1.55. The lowest BCUT2D eigenvalue weighted by molar-refractivity contribution is -0.150. The maximum Gasteiger partial charge on any atom is 0.309 e. The Labute approximate surface area is 91.4 Å². The van der Waals surface area contributed by atoms with Gasteiger partial charge in [-0.25, -0.2) is 0 Å². The molecule has 0 N–H and O–H groups in total. The molecule has 0 saturated carbocycles. The van der Waals surface area contributed by atoms with Crippen LogP contribution in [0.2, 0.25) is 0 Å². The summed E-state index contributed by atoms with van der Waals surface area (Å²) in [4.78, 5) is 11.5. The van der Waals surface area contributed by atoms with E-state index in [0.717, 1.165) is 19.3 Å². The van der Waals surface area contributed by atoms with E-state index in [1.54, 1.807) is 0 Å². The van der Waals surface area contributed by atoms with E-state index in [4.69, 9.17) is 9.47 Å². The fourth-order valence-electron chi connectivity index (χ4n) is 1.55. The minimum atomic E-state index is -0.0771. The lowest BCUT2D eigenvalue weighted by Gasteiger charge is -2.16. The summed E-state index contributed by atoms with van der Waals surface area (Å²) in [5.74, 6) is -0.0132. The third-order valence-electron chi connectivity index (χ3n) is 2.38. The average molecular weight is 212 g/mol. The summed E-state index contributed by atoms with van der Waals surface area (Å²) in [6.45, 7) is 4.80. The fraction of sp³-hybridized carbons (Fsp3) is 0.750. The molecule has 1 aliphatic rings. The second-order valence-electron chi connectivity index (χ2n) is 4.07. The first-order valence-electron chi connectivity index (χ1n) is 5.63. The number of carbonyl (C=O) groups is 1. The normalized spacial score (nSPS) is 20.6. The summed E-state index contributed by atoms with van der Waals surface area (Å²) in [5.41, 5.74) is 0. The van der Waals surface area contributed by atoms with Crippen molar-refractivity contribution in [1.29, 1.82) is 0 Å². The van der Waals surface area contributed by atoms with Crippen LogP contribution >= 0.6 is 0 Å². The Hall–Kier alpha value is -0.830. The van der Waals surface area contributed by atoms with E-state index in [2.05, 4.69) is 12.2 Å². The van der Waals surface area contributed by atoms with Crippen LogP contribution in [-0.2, 0) is 14.3 Å². The van der Waals surface area contributed by atoms with E-state index in [9.17, 15) is 4.79 Å². The predicted octanol–water partition coefficient (Wildman–Crippen LogP) is 2.31. The van der Waals surface area contributed by atoms with Crippen LogP contribution in [0.4, 0.5) is 0 Å². The van der Waals surface area contributed by atoms with E-state index < -0.39 is 0 Å². The van der Waals surface area contributed by atoms with Crippen LogP contribution in [0.25, 0.3) is 0 Å². The molecular weight excluding hydrogens is 192 g/mol. The standard InChI is InChI=1S/C12H20O3/c1-10(2)14-8-9-15-12(13)11-6-4-3-5-7-11/h3-4,10-11H,5-9H2,1-2H3. The number of hydrogen-bond donors (Lipinski definition) is 0. The minimum Gasteiger partial charge on any atom is -0.463 e. The Balaban J connectivity index is 2.10. The van der Waals surface area contributed by atoms with Crippen LogP contribution < -0.4 is 0 Å². The SMILES string of the molecule is CC(C)OCCOC(=O)C1CC=CCC1. The number of rotatable bonds is 5. The maximum atomic E-state index is 11.5. The first-order chi connectivity index (χ1) is 7.20. The summed E-state index contributed by atoms with van der Waals surface area (Å²) >= 11 is 0. The third-order valence-corrected chi connectivity index (χ3v) is 2.38. The van der Waals surface area contributed by atoms with Gasteiger partial charge in [0, 0.05) is 0 Å². The molecule has 0 aromatic rings. The number of carbonyl (C=O) groups excluding carboxylic acids is 1. The van der Waals surface area contributed by atoms with Crippen LogP contribution in [0.3, 0.4) is 0 Å². The molecule has 0 aliphatic heterocycles. The quantitative estimate of drug-likeness (QED) is 0.398. The Bertz CT molecular complexity index is 221. The van der Waals surface area contributed by atoms with Gasteiger partial charge < -0.3 is 9.47 Å². The van der Waals surface area contributed by atoms with Gasteiger partial charge in [-0.15, -0.1) is 0 Å². The predicted molar refractivity (Wildman–Crippen MR) is 58.5 cm³/mol. The van der Waals surface area contributed by atoms with E-state index >= 15 is 0 Å². The Morgan fingerprint density at radius 1 is 1.40 bits per heavy atom. The molecule has 86 valence electrons. The molecule has 0 fully saturated rings. The topological polar surface area (TPSA) is 35.5 Å². The molecule has 0 aromatic carbocycles. The van der Waals surface area contributed by atoms with Gasteiger partial charge in [0.2, 0.25) is 0 Å². The highest BCUT2D eigenvalue weighted by molar-refractivity contribution is 5.72. The number of hydrogen-bond acceptors (Lipinski definition) is 3. The molecular formula is C12H20O3. The van der Waals surface area contributed by atoms with Crippen LogP contribution in [0.15, 0.2) is 12.2 Å². The second kappa shape index (κ2) is 6.62. The molecule has 3 heteroatoms. The van der Waals surface area contributed by atoms with Crippen LogP contribution in [0, 0.1) is 5.92 Å². The van der Waals surface area contributed by atoms with E-state index in [1.165, 1.54) is 0 Å². The van der Waals surface area contributed by atoms with Crippen molar-refractivity contribution in [3.8, 4) is 0 Å². The summed E-state index contributed by atoms with van der Waals surface area (Å²) in [7, 11) is 0. The first-order valence-corrected chi connectivity index (χ1v) is 5.63. The zero-order chi connectivity index (χ0) is 11.1. The molecule has 1 unspecified atom stereocenters. The molecule has 0 bridgehead atoms. The Kier molecular flexibility index (Phi) is 5.40. The van der Waals surface area contributed by atoms with Gasteiger partial charge in [-0.1, -0.05) is 12.2 Å². The molecule has 1 rings (SSSR count). The van der Waals surface area contributed by atoms with Crippen molar-refractivity contribution in [1.82, 2.24) is 0 Å². The summed E-state index contributed by atoms with van der Waals surface area (Å²) in [6.07, 6.45) is 7.10. The number of allylic oxidation sites excluding steroid dienone is 2. The largest absolute Gasteiger partial charge is 0.463 e. The zero-order valence-corrected chi connectivity index (χ0v) is 9.57. The number of ether oxygens (including phenoxy) is 2. The molecule has 1 aliphatic carbocycles. The van der Waals surface area contributed by atoms with Crippen LogP contribution in [0.1, 0.15) is 33.1 Å². The van der Waals surface area contributed by atoms with Crippen molar-refractivity contribution in [2.24, 2.45) is 5.92 Å². The maximum absolute atomic E-state index is 11.5. The Morgan fingerprint density at radius 2 is 2.20 bits per heavy atom. The van der Waals surface area contributed by atoms with Crippen molar-refractivity contribution in [2.75, 3.05) is 13.2 Å². The first kappa shape index (κ1) is 12.2. The molecule has 0 amide bonds. The summed E-state index contributed by atoms with van der Waals surface area (Å²) in [5, 5.41) is 0. The van der Waals surface area contributed by atoms with E-state index in [0.29, 0.717) is 13.2 Å². The van der Waals surface area contributed by atoms with Gasteiger partial charge in [-0.3, -0.25) is 4.79 Å². The van der Waals surface area contributed by atoms with Gasteiger partial charge >= 0.3 is 5.97 Å². The smallest absolute Gasteiger partial charge is 0.309 e. The lowest BCUT2D eigenvalue weighted by atomic mass is 9.95. The van der Waals surface area contributed by atoms with Crippen molar-refractivity contribution >= 4 is 5.97 Å². The van der Waals surface area contributed by atoms with Crippen molar-refractivity contribution in [3.05, 3.63) is 12.2 Å². The zero-order valence-electron chi connectivity index (χ0n) is 9.57. The van der Waals surface area contributed by atoms with Gasteiger partial charge in [0.15, 0.2) is 0 Å². The van der Waals surface area contributed by atoms with Gasteiger partial charge in [0.1, 0.15) is 6.61 Å². The van der Waals surface area contributed by atoms with E-state index in [1.807, 2.05) is 13.8 Å². The average Bonchev–Trinajstić information content (AvgIpc) is 2.25. The molecule has 3 nitrogen and oxygen atoms in total. The highest BCUT2D eigenvalue weighted by Gasteiger charge is 2.19. The monoisotopic (exact) mass is 212 g/mol. The van der Waals surface area contributed by atoms with Gasteiger partial charge in [-0.05, 0) is 33.1 Å². The van der Waals surface area contributed by atoms with Crippen molar-refractivity contribution in [3.63, 3.8) is 0 Å². The molecule has 1 atom stereocenters. The highest BCUT2D eigenvalue weighted by atomic mass is 16.6. The summed E-state index contributed by atoms with van der Waals surface area (Å²) < 4.78 is 10.4. The van der Waals surface area contributed by atoms with Crippen LogP contribution in [0.5, 0.6) is 0 Å². The van der Waals surface area contributed by atoms with Gasteiger partial charge in [0.05, 0.1) is 18.6 Å². The lowest BCUT2D eigenvalue weighted by Crippen LogP contribution is -2.21. The highest BCUT2D eigenvalue weighted by Crippen LogP contribution is 2.19. The van der Waals surface area contributed by atoms with Gasteiger partial charge in [0.25, 0.3) is 0 Å². The number of esters is 1. The molecule has 0 spiro atoms. The van der Waals surface area contributed by atoms with Crippen molar-refractivity contribution < 1.29 is 14.3 Å². The molecule has 15 heavy (non-hydrogen) atoms. The third kappa shape index (κ3) is 4.98. The van der Waals surface area contributed by atoms with Crippen molar-refractivity contribution in [2.45, 2.75) is 39.2 Å². The van der Waals surface area contributed by atoms with Gasteiger partial charge in [-0.2, -0.15) is 0 Å². The van der Waals surface area contributed by atoms with Crippen LogP contribution in [-0.4, -0.2) is 25.3 Å². The minimum absolute atomic E-state index is 0.0639. The molecule has 0 radical (unpaired) electrons. The molecule has 0 aromatic heterocycles.